The van der Waals surface area contributed by atoms with Crippen molar-refractivity contribution in [2.75, 3.05) is 24.6 Å². The van der Waals surface area contributed by atoms with E-state index in [9.17, 15) is 16.8 Å². The zero-order valence-electron chi connectivity index (χ0n) is 9.58. The second kappa shape index (κ2) is 4.49. The zero-order valence-corrected chi connectivity index (χ0v) is 11.2. The van der Waals surface area contributed by atoms with Crippen molar-refractivity contribution in [3.05, 3.63) is 0 Å². The molecule has 0 bridgehead atoms. The van der Waals surface area contributed by atoms with E-state index in [0.717, 1.165) is 0 Å². The normalized spacial score (nSPS) is 31.7. The van der Waals surface area contributed by atoms with Crippen LogP contribution in [0.1, 0.15) is 19.3 Å². The number of hydrogen-bond donors (Lipinski definition) is 1. The van der Waals surface area contributed by atoms with Crippen molar-refractivity contribution in [2.24, 2.45) is 5.73 Å². The number of sulfonamides is 1. The molecule has 17 heavy (non-hydrogen) atoms. The molecular formula is C9H18N2O4S2. The van der Waals surface area contributed by atoms with Gasteiger partial charge >= 0.3 is 0 Å². The van der Waals surface area contributed by atoms with E-state index in [4.69, 9.17) is 5.73 Å². The van der Waals surface area contributed by atoms with E-state index in [2.05, 4.69) is 0 Å². The molecule has 0 radical (unpaired) electrons. The van der Waals surface area contributed by atoms with Crippen LogP contribution in [0.4, 0.5) is 0 Å². The summed E-state index contributed by atoms with van der Waals surface area (Å²) in [6, 6.07) is -0.0860. The first kappa shape index (κ1) is 13.3. The summed E-state index contributed by atoms with van der Waals surface area (Å²) in [7, 11) is -6.37. The van der Waals surface area contributed by atoms with Crippen molar-refractivity contribution in [3.63, 3.8) is 0 Å². The fraction of sp³-hybridized carbons (Fsp3) is 1.00. The maximum atomic E-state index is 12.2. The van der Waals surface area contributed by atoms with Gasteiger partial charge in [0, 0.05) is 19.1 Å². The number of rotatable bonds is 2. The Bertz CT molecular complexity index is 471. The van der Waals surface area contributed by atoms with Gasteiger partial charge in [-0.1, -0.05) is 0 Å². The van der Waals surface area contributed by atoms with Gasteiger partial charge in [0.15, 0.2) is 0 Å². The molecule has 0 aromatic heterocycles. The van der Waals surface area contributed by atoms with Crippen LogP contribution in [0, 0.1) is 0 Å². The van der Waals surface area contributed by atoms with E-state index in [-0.39, 0.29) is 30.4 Å². The molecule has 0 aromatic carbocycles. The molecule has 100 valence electrons. The van der Waals surface area contributed by atoms with Crippen molar-refractivity contribution in [2.45, 2.75) is 30.6 Å². The van der Waals surface area contributed by atoms with Gasteiger partial charge in [-0.3, -0.25) is 0 Å². The molecule has 2 heterocycles. The van der Waals surface area contributed by atoms with Crippen LogP contribution in [0.25, 0.3) is 0 Å². The Hall–Kier alpha value is -0.180. The zero-order chi connectivity index (χ0) is 12.7. The van der Waals surface area contributed by atoms with Gasteiger partial charge in [-0.05, 0) is 19.3 Å². The number of nitrogens with two attached hydrogens (primary N) is 1. The molecule has 0 unspecified atom stereocenters. The van der Waals surface area contributed by atoms with E-state index < -0.39 is 25.1 Å². The second-order valence-corrected chi connectivity index (χ2v) is 9.32. The first-order chi connectivity index (χ1) is 7.81. The summed E-state index contributed by atoms with van der Waals surface area (Å²) in [5.41, 5.74) is 5.69. The Morgan fingerprint density at radius 1 is 1.12 bits per heavy atom. The summed E-state index contributed by atoms with van der Waals surface area (Å²) in [4.78, 5) is 0. The largest absolute Gasteiger partial charge is 0.326 e. The number of sulfone groups is 1. The predicted octanol–water partition coefficient (Wildman–Crippen LogP) is -1.07. The van der Waals surface area contributed by atoms with E-state index in [1.807, 2.05) is 0 Å². The first-order valence-corrected chi connectivity index (χ1v) is 9.09. The molecule has 2 saturated heterocycles. The maximum absolute atomic E-state index is 12.2. The Kier molecular flexibility index (Phi) is 3.50. The summed E-state index contributed by atoms with van der Waals surface area (Å²) in [6.45, 7) is 0.832. The van der Waals surface area contributed by atoms with Crippen molar-refractivity contribution < 1.29 is 16.8 Å². The monoisotopic (exact) mass is 282 g/mol. The minimum Gasteiger partial charge on any atom is -0.326 e. The van der Waals surface area contributed by atoms with Gasteiger partial charge in [0.1, 0.15) is 9.84 Å². The predicted molar refractivity (Wildman–Crippen MR) is 64.8 cm³/mol. The topological polar surface area (TPSA) is 97.5 Å². The van der Waals surface area contributed by atoms with Crippen molar-refractivity contribution >= 4 is 19.9 Å². The molecule has 1 atom stereocenters. The summed E-state index contributed by atoms with van der Waals surface area (Å²) in [5, 5.41) is -0.545. The summed E-state index contributed by atoms with van der Waals surface area (Å²) in [6.07, 6.45) is 1.12. The van der Waals surface area contributed by atoms with Crippen LogP contribution in [-0.4, -0.2) is 57.0 Å². The average molecular weight is 282 g/mol. The Morgan fingerprint density at radius 3 is 2.18 bits per heavy atom. The van der Waals surface area contributed by atoms with E-state index in [1.54, 1.807) is 0 Å². The van der Waals surface area contributed by atoms with Crippen molar-refractivity contribution in [1.29, 1.82) is 0 Å². The Labute approximate surface area is 102 Å². The highest BCUT2D eigenvalue weighted by Gasteiger charge is 2.38. The van der Waals surface area contributed by atoms with Gasteiger partial charge in [0.2, 0.25) is 10.0 Å². The molecule has 2 aliphatic heterocycles. The standard InChI is InChI=1S/C9H18N2O4S2/c10-8-1-4-11(7-8)17(14,15)9-2-5-16(12,13)6-3-9/h8-9H,1-7,10H2/t8-/m0/s1. The lowest BCUT2D eigenvalue weighted by molar-refractivity contribution is 0.453. The molecule has 0 saturated carbocycles. The molecular weight excluding hydrogens is 264 g/mol. The quantitative estimate of drug-likeness (QED) is 0.695. The minimum absolute atomic E-state index is 0.0171. The van der Waals surface area contributed by atoms with Crippen molar-refractivity contribution in [1.82, 2.24) is 4.31 Å². The fourth-order valence-corrected chi connectivity index (χ4v) is 6.16. The number of nitrogens with zero attached hydrogens (tertiary/aromatic N) is 1. The van der Waals surface area contributed by atoms with Crippen LogP contribution >= 0.6 is 0 Å². The van der Waals surface area contributed by atoms with Gasteiger partial charge < -0.3 is 5.73 Å². The van der Waals surface area contributed by atoms with Gasteiger partial charge in [-0.2, -0.15) is 0 Å². The molecule has 2 rings (SSSR count). The van der Waals surface area contributed by atoms with Crippen LogP contribution in [-0.2, 0) is 19.9 Å². The van der Waals surface area contributed by atoms with Gasteiger partial charge in [0.25, 0.3) is 0 Å². The third-order valence-corrected chi connectivity index (χ3v) is 7.55. The van der Waals surface area contributed by atoms with Crippen LogP contribution < -0.4 is 5.73 Å². The molecule has 8 heteroatoms. The van der Waals surface area contributed by atoms with Crippen LogP contribution in [0.15, 0.2) is 0 Å². The van der Waals surface area contributed by atoms with E-state index in [0.29, 0.717) is 19.5 Å². The highest BCUT2D eigenvalue weighted by molar-refractivity contribution is 7.92. The van der Waals surface area contributed by atoms with Crippen LogP contribution in [0.2, 0.25) is 0 Å². The highest BCUT2D eigenvalue weighted by Crippen LogP contribution is 2.24. The van der Waals surface area contributed by atoms with Gasteiger partial charge in [-0.25, -0.2) is 21.1 Å². The molecule has 2 aliphatic rings. The van der Waals surface area contributed by atoms with Gasteiger partial charge in [-0.15, -0.1) is 0 Å². The summed E-state index contributed by atoms with van der Waals surface area (Å²) >= 11 is 0. The molecule has 0 aromatic rings. The average Bonchev–Trinajstić information content (AvgIpc) is 2.65. The Morgan fingerprint density at radius 2 is 1.71 bits per heavy atom. The SMILES string of the molecule is N[C@H]1CCN(S(=O)(=O)C2CCS(=O)(=O)CC2)C1. The molecule has 2 N–H and O–H groups in total. The summed E-state index contributed by atoms with van der Waals surface area (Å²) < 4.78 is 48.4. The molecule has 0 aliphatic carbocycles. The Balaban J connectivity index is 2.07. The summed E-state index contributed by atoms with van der Waals surface area (Å²) in [5.74, 6) is -0.0341. The maximum Gasteiger partial charge on any atom is 0.217 e. The fourth-order valence-electron chi connectivity index (χ4n) is 2.36. The van der Waals surface area contributed by atoms with E-state index >= 15 is 0 Å². The number of hydrogen-bond acceptors (Lipinski definition) is 5. The molecule has 6 nitrogen and oxygen atoms in total. The molecule has 0 spiro atoms. The van der Waals surface area contributed by atoms with E-state index in [1.165, 1.54) is 4.31 Å². The first-order valence-electron chi connectivity index (χ1n) is 5.76. The molecule has 0 amide bonds. The van der Waals surface area contributed by atoms with Crippen LogP contribution in [0.3, 0.4) is 0 Å². The lowest BCUT2D eigenvalue weighted by atomic mass is 10.2. The smallest absolute Gasteiger partial charge is 0.217 e. The second-order valence-electron chi connectivity index (χ2n) is 4.80. The lowest BCUT2D eigenvalue weighted by Crippen LogP contribution is -2.42. The van der Waals surface area contributed by atoms with Crippen molar-refractivity contribution in [3.8, 4) is 0 Å². The van der Waals surface area contributed by atoms with Gasteiger partial charge in [0.05, 0.1) is 16.8 Å². The third kappa shape index (κ3) is 2.81. The van der Waals surface area contributed by atoms with Crippen LogP contribution in [0.5, 0.6) is 0 Å². The highest BCUT2D eigenvalue weighted by atomic mass is 32.2. The lowest BCUT2D eigenvalue weighted by Gasteiger charge is -2.26. The minimum atomic E-state index is -3.36. The third-order valence-electron chi connectivity index (χ3n) is 3.47. The molecule has 2 fully saturated rings.